The summed E-state index contributed by atoms with van der Waals surface area (Å²) in [4.78, 5) is 6.02. The highest BCUT2D eigenvalue weighted by Crippen LogP contribution is 2.24. The summed E-state index contributed by atoms with van der Waals surface area (Å²) in [6.07, 6.45) is 4.35. The van der Waals surface area contributed by atoms with Crippen LogP contribution in [-0.4, -0.2) is 36.7 Å². The normalized spacial score (nSPS) is 14.2. The van der Waals surface area contributed by atoms with Gasteiger partial charge in [0.05, 0.1) is 0 Å². The Morgan fingerprint density at radius 1 is 1.44 bits per heavy atom. The maximum atomic E-state index is 8.00. The minimum Gasteiger partial charge on any atom is -0.361 e. The van der Waals surface area contributed by atoms with Gasteiger partial charge in [-0.2, -0.15) is 0 Å². The summed E-state index contributed by atoms with van der Waals surface area (Å²) in [6.45, 7) is -1.33. The summed E-state index contributed by atoms with van der Waals surface area (Å²) < 4.78 is 16.0. The molecule has 0 radical (unpaired) electrons. The van der Waals surface area contributed by atoms with E-state index >= 15 is 0 Å². The number of rotatable bonds is 4. The van der Waals surface area contributed by atoms with E-state index in [9.17, 15) is 0 Å². The summed E-state index contributed by atoms with van der Waals surface area (Å²) in [5.41, 5.74) is 2.09. The smallest absolute Gasteiger partial charge is 0.0457 e. The van der Waals surface area contributed by atoms with Crippen molar-refractivity contribution in [1.82, 2.24) is 9.88 Å². The lowest BCUT2D eigenvalue weighted by Gasteiger charge is -2.08. The van der Waals surface area contributed by atoms with Gasteiger partial charge in [0.15, 0.2) is 0 Å². The monoisotopic (exact) mass is 236 g/mol. The zero-order valence-electron chi connectivity index (χ0n) is 11.9. The Kier molecular flexibility index (Phi) is 2.82. The van der Waals surface area contributed by atoms with Gasteiger partial charge in [0.1, 0.15) is 0 Å². The summed E-state index contributed by atoms with van der Waals surface area (Å²) in [5.74, 6) is 0. The molecule has 2 aromatic rings. The summed E-state index contributed by atoms with van der Waals surface area (Å²) in [6, 6.07) is 6.25. The molecule has 0 fully saturated rings. The Morgan fingerprint density at radius 2 is 2.25 bits per heavy atom. The minimum atomic E-state index is -1.33. The topological polar surface area (TPSA) is 19.0 Å². The van der Waals surface area contributed by atoms with Crippen LogP contribution in [-0.2, 0) is 6.42 Å². The average molecular weight is 236 g/mol. The van der Waals surface area contributed by atoms with Crippen LogP contribution in [0.15, 0.2) is 29.3 Å². The van der Waals surface area contributed by atoms with Crippen LogP contribution in [0.5, 0.6) is 0 Å². The van der Waals surface area contributed by atoms with Crippen LogP contribution in [0.1, 0.15) is 8.30 Å². The number of nitrogens with one attached hydrogen (secondary N) is 1. The van der Waals surface area contributed by atoms with Crippen LogP contribution >= 0.6 is 11.8 Å². The number of hydrogen-bond acceptors (Lipinski definition) is 2. The number of fused-ring (bicyclic) bond motifs is 1. The molecule has 2 rings (SSSR count). The molecule has 2 nitrogen and oxygen atoms in total. The molecule has 16 heavy (non-hydrogen) atoms. The molecule has 1 aromatic heterocycles. The molecule has 0 saturated carbocycles. The first-order valence-electron chi connectivity index (χ1n) is 6.25. The summed E-state index contributed by atoms with van der Waals surface area (Å²) >= 11 is 1.70. The van der Waals surface area contributed by atoms with E-state index in [0.717, 1.165) is 16.5 Å². The number of H-pyrrole nitrogens is 1. The van der Waals surface area contributed by atoms with E-state index in [0.29, 0.717) is 6.42 Å². The molecule has 3 heteroatoms. The van der Waals surface area contributed by atoms with E-state index < -0.39 is 6.50 Å². The van der Waals surface area contributed by atoms with Crippen molar-refractivity contribution < 1.29 is 2.74 Å². The second-order valence-corrected chi connectivity index (χ2v) is 4.83. The van der Waals surface area contributed by atoms with E-state index in [1.54, 1.807) is 30.8 Å². The molecule has 0 aliphatic heterocycles. The first-order valence-corrected chi connectivity index (χ1v) is 6.48. The SMILES string of the molecule is [2H]C([2H])(Cc1c[nH]c2ccc(SC)cc12)N(C)C. The molecule has 0 aliphatic rings. The third kappa shape index (κ3) is 2.42. The molecular weight excluding hydrogens is 216 g/mol. The number of likely N-dealkylation sites (N-methyl/N-ethyl adjacent to an activating group) is 1. The Labute approximate surface area is 104 Å². The molecule has 86 valence electrons. The van der Waals surface area contributed by atoms with Gasteiger partial charge in [0.25, 0.3) is 0 Å². The quantitative estimate of drug-likeness (QED) is 0.823. The van der Waals surface area contributed by atoms with E-state index in [1.165, 1.54) is 4.90 Å². The number of nitrogens with zero attached hydrogens (tertiary/aromatic N) is 1. The predicted molar refractivity (Wildman–Crippen MR) is 72.3 cm³/mol. The van der Waals surface area contributed by atoms with Gasteiger partial charge in [-0.25, -0.2) is 0 Å². The number of hydrogen-bond donors (Lipinski definition) is 1. The van der Waals surface area contributed by atoms with E-state index in [2.05, 4.69) is 23.2 Å². The molecule has 0 amide bonds. The third-order valence-electron chi connectivity index (χ3n) is 2.56. The third-order valence-corrected chi connectivity index (χ3v) is 3.29. The van der Waals surface area contributed by atoms with Crippen molar-refractivity contribution in [3.05, 3.63) is 30.0 Å². The lowest BCUT2D eigenvalue weighted by molar-refractivity contribution is 0.414. The van der Waals surface area contributed by atoms with Crippen molar-refractivity contribution in [2.24, 2.45) is 0 Å². The van der Waals surface area contributed by atoms with Crippen molar-refractivity contribution in [1.29, 1.82) is 0 Å². The molecule has 0 spiro atoms. The van der Waals surface area contributed by atoms with Gasteiger partial charge in [-0.1, -0.05) is 0 Å². The Hall–Kier alpha value is -0.930. The Bertz CT molecular complexity index is 549. The van der Waals surface area contributed by atoms with Gasteiger partial charge in [0, 0.05) is 31.2 Å². The Balaban J connectivity index is 2.39. The summed E-state index contributed by atoms with van der Waals surface area (Å²) in [5, 5.41) is 1.12. The molecule has 1 heterocycles. The van der Waals surface area contributed by atoms with Crippen molar-refractivity contribution in [2.45, 2.75) is 11.3 Å². The number of aryl methyl sites for hydroxylation is 1. The summed E-state index contributed by atoms with van der Waals surface area (Å²) in [7, 11) is 3.53. The molecule has 0 saturated heterocycles. The molecule has 1 N–H and O–H groups in total. The molecule has 0 atom stereocenters. The molecular formula is C13H18N2S. The fourth-order valence-corrected chi connectivity index (χ4v) is 2.11. The van der Waals surface area contributed by atoms with Gasteiger partial charge >= 0.3 is 0 Å². The lowest BCUT2D eigenvalue weighted by atomic mass is 10.1. The standard InChI is InChI=1S/C13H18N2S/c1-15(2)7-6-10-9-14-13-5-4-11(16-3)8-12(10)13/h4-5,8-9,14H,6-7H2,1-3H3/i7D2. The van der Waals surface area contributed by atoms with E-state index in [-0.39, 0.29) is 0 Å². The van der Waals surface area contributed by atoms with Gasteiger partial charge in [-0.05, 0) is 50.5 Å². The molecule has 1 aromatic carbocycles. The zero-order chi connectivity index (χ0) is 13.3. The van der Waals surface area contributed by atoms with Crippen molar-refractivity contribution in [2.75, 3.05) is 26.8 Å². The van der Waals surface area contributed by atoms with Gasteiger partial charge in [-0.3, -0.25) is 0 Å². The highest BCUT2D eigenvalue weighted by molar-refractivity contribution is 7.98. The van der Waals surface area contributed by atoms with E-state index in [1.807, 2.05) is 12.5 Å². The number of thioether (sulfide) groups is 1. The van der Waals surface area contributed by atoms with Crippen molar-refractivity contribution in [3.63, 3.8) is 0 Å². The molecule has 0 aliphatic carbocycles. The van der Waals surface area contributed by atoms with Crippen LogP contribution in [0.25, 0.3) is 10.9 Å². The first-order chi connectivity index (χ1) is 8.44. The van der Waals surface area contributed by atoms with Crippen LogP contribution in [0.3, 0.4) is 0 Å². The highest BCUT2D eigenvalue weighted by atomic mass is 32.2. The Morgan fingerprint density at radius 3 is 2.94 bits per heavy atom. The molecule has 0 unspecified atom stereocenters. The van der Waals surface area contributed by atoms with Crippen molar-refractivity contribution >= 4 is 22.7 Å². The van der Waals surface area contributed by atoms with Crippen LogP contribution in [0, 0.1) is 0 Å². The number of benzene rings is 1. The largest absolute Gasteiger partial charge is 0.361 e. The van der Waals surface area contributed by atoms with Gasteiger partial charge < -0.3 is 9.88 Å². The lowest BCUT2D eigenvalue weighted by Crippen LogP contribution is -2.14. The van der Waals surface area contributed by atoms with Gasteiger partial charge in [0.2, 0.25) is 0 Å². The molecule has 0 bridgehead atoms. The van der Waals surface area contributed by atoms with Gasteiger partial charge in [-0.15, -0.1) is 11.8 Å². The average Bonchev–Trinajstić information content (AvgIpc) is 2.71. The number of aromatic amines is 1. The fraction of sp³-hybridized carbons (Fsp3) is 0.385. The number of aromatic nitrogens is 1. The zero-order valence-corrected chi connectivity index (χ0v) is 10.7. The highest BCUT2D eigenvalue weighted by Gasteiger charge is 2.04. The second-order valence-electron chi connectivity index (χ2n) is 3.95. The second kappa shape index (κ2) is 4.93. The maximum absolute atomic E-state index is 8.00. The van der Waals surface area contributed by atoms with E-state index in [4.69, 9.17) is 2.74 Å². The van der Waals surface area contributed by atoms with Crippen LogP contribution < -0.4 is 0 Å². The first kappa shape index (κ1) is 9.14. The fourth-order valence-electron chi connectivity index (χ4n) is 1.67. The maximum Gasteiger partial charge on any atom is 0.0457 e. The van der Waals surface area contributed by atoms with Crippen LogP contribution in [0.4, 0.5) is 0 Å². The minimum absolute atomic E-state index is 0.387. The van der Waals surface area contributed by atoms with Crippen molar-refractivity contribution in [3.8, 4) is 0 Å². The predicted octanol–water partition coefficient (Wildman–Crippen LogP) is 2.99. The van der Waals surface area contributed by atoms with Crippen LogP contribution in [0.2, 0.25) is 0 Å².